The predicted molar refractivity (Wildman–Crippen MR) is 73.4 cm³/mol. The Morgan fingerprint density at radius 1 is 1.44 bits per heavy atom. The molecule has 0 saturated carbocycles. The number of nitrogens with two attached hydrogens (primary N) is 1. The standard InChI is InChI=1S/C14H22N2O2/c1-4-13(10(2)3)16-14(17)9-18-12-7-5-6-11(15)8-12/h5-8,10,13H,4,9,15H2,1-3H3,(H,16,17). The smallest absolute Gasteiger partial charge is 0.258 e. The number of benzene rings is 1. The van der Waals surface area contributed by atoms with E-state index >= 15 is 0 Å². The molecule has 0 aliphatic carbocycles. The lowest BCUT2D eigenvalue weighted by atomic mass is 10.0. The highest BCUT2D eigenvalue weighted by Gasteiger charge is 2.14. The molecule has 0 fully saturated rings. The quantitative estimate of drug-likeness (QED) is 0.761. The van der Waals surface area contributed by atoms with Crippen molar-refractivity contribution < 1.29 is 9.53 Å². The SMILES string of the molecule is CCC(NC(=O)COc1cccc(N)c1)C(C)C. The molecule has 0 radical (unpaired) electrons. The minimum Gasteiger partial charge on any atom is -0.484 e. The molecule has 1 amide bonds. The van der Waals surface area contributed by atoms with Crippen molar-refractivity contribution in [2.24, 2.45) is 5.92 Å². The van der Waals surface area contributed by atoms with Crippen molar-refractivity contribution >= 4 is 11.6 Å². The van der Waals surface area contributed by atoms with Gasteiger partial charge in [0.2, 0.25) is 0 Å². The number of hydrogen-bond acceptors (Lipinski definition) is 3. The van der Waals surface area contributed by atoms with Gasteiger partial charge in [-0.05, 0) is 24.5 Å². The highest BCUT2D eigenvalue weighted by atomic mass is 16.5. The third-order valence-corrected chi connectivity index (χ3v) is 2.82. The van der Waals surface area contributed by atoms with Crippen LogP contribution in [0.1, 0.15) is 27.2 Å². The summed E-state index contributed by atoms with van der Waals surface area (Å²) in [5.74, 6) is 0.937. The maximum atomic E-state index is 11.7. The van der Waals surface area contributed by atoms with Crippen LogP contribution in [-0.2, 0) is 4.79 Å². The fourth-order valence-electron chi connectivity index (χ4n) is 1.74. The second-order valence-corrected chi connectivity index (χ2v) is 4.69. The van der Waals surface area contributed by atoms with Crippen LogP contribution in [-0.4, -0.2) is 18.6 Å². The van der Waals surface area contributed by atoms with Gasteiger partial charge in [0.1, 0.15) is 5.75 Å². The summed E-state index contributed by atoms with van der Waals surface area (Å²) in [5.41, 5.74) is 6.25. The van der Waals surface area contributed by atoms with Crippen molar-refractivity contribution in [2.75, 3.05) is 12.3 Å². The first-order valence-corrected chi connectivity index (χ1v) is 6.30. The van der Waals surface area contributed by atoms with E-state index in [1.165, 1.54) is 0 Å². The van der Waals surface area contributed by atoms with Gasteiger partial charge in [0.25, 0.3) is 5.91 Å². The molecule has 1 atom stereocenters. The first kappa shape index (κ1) is 14.4. The lowest BCUT2D eigenvalue weighted by molar-refractivity contribution is -0.124. The van der Waals surface area contributed by atoms with E-state index < -0.39 is 0 Å². The summed E-state index contributed by atoms with van der Waals surface area (Å²) in [5, 5.41) is 2.96. The molecule has 1 aromatic carbocycles. The van der Waals surface area contributed by atoms with Crippen molar-refractivity contribution in [1.82, 2.24) is 5.32 Å². The molecule has 4 heteroatoms. The Labute approximate surface area is 109 Å². The Balaban J connectivity index is 2.41. The Kier molecular flexibility index (Phi) is 5.49. The molecule has 0 aromatic heterocycles. The van der Waals surface area contributed by atoms with E-state index in [2.05, 4.69) is 26.1 Å². The highest BCUT2D eigenvalue weighted by Crippen LogP contribution is 2.14. The molecule has 0 saturated heterocycles. The van der Waals surface area contributed by atoms with Gasteiger partial charge in [0.05, 0.1) is 0 Å². The van der Waals surface area contributed by atoms with Gasteiger partial charge < -0.3 is 15.8 Å². The van der Waals surface area contributed by atoms with Crippen LogP contribution in [0.15, 0.2) is 24.3 Å². The van der Waals surface area contributed by atoms with E-state index in [4.69, 9.17) is 10.5 Å². The summed E-state index contributed by atoms with van der Waals surface area (Å²) in [6, 6.07) is 7.25. The topological polar surface area (TPSA) is 64.3 Å². The number of nitrogen functional groups attached to an aromatic ring is 1. The van der Waals surface area contributed by atoms with E-state index in [9.17, 15) is 4.79 Å². The fourth-order valence-corrected chi connectivity index (χ4v) is 1.74. The first-order chi connectivity index (χ1) is 8.52. The average molecular weight is 250 g/mol. The minimum absolute atomic E-state index is 0.0205. The molecule has 3 N–H and O–H groups in total. The molecule has 1 rings (SSSR count). The third kappa shape index (κ3) is 4.65. The lowest BCUT2D eigenvalue weighted by Gasteiger charge is -2.20. The number of ether oxygens (including phenoxy) is 1. The highest BCUT2D eigenvalue weighted by molar-refractivity contribution is 5.77. The zero-order chi connectivity index (χ0) is 13.5. The van der Waals surface area contributed by atoms with E-state index in [1.54, 1.807) is 24.3 Å². The number of carbonyl (C=O) groups excluding carboxylic acids is 1. The van der Waals surface area contributed by atoms with Crippen LogP contribution in [0.25, 0.3) is 0 Å². The molecular weight excluding hydrogens is 228 g/mol. The van der Waals surface area contributed by atoms with Gasteiger partial charge >= 0.3 is 0 Å². The van der Waals surface area contributed by atoms with Gasteiger partial charge in [0, 0.05) is 17.8 Å². The average Bonchev–Trinajstić information content (AvgIpc) is 2.33. The van der Waals surface area contributed by atoms with Crippen LogP contribution < -0.4 is 15.8 Å². The fraction of sp³-hybridized carbons (Fsp3) is 0.500. The van der Waals surface area contributed by atoms with Crippen molar-refractivity contribution in [3.05, 3.63) is 24.3 Å². The van der Waals surface area contributed by atoms with Gasteiger partial charge in [-0.3, -0.25) is 4.79 Å². The molecule has 18 heavy (non-hydrogen) atoms. The molecular formula is C14H22N2O2. The Hall–Kier alpha value is -1.71. The summed E-state index contributed by atoms with van der Waals surface area (Å²) in [7, 11) is 0. The molecule has 1 unspecified atom stereocenters. The zero-order valence-corrected chi connectivity index (χ0v) is 11.3. The first-order valence-electron chi connectivity index (χ1n) is 6.30. The molecule has 0 bridgehead atoms. The van der Waals surface area contributed by atoms with Crippen LogP contribution in [0.5, 0.6) is 5.75 Å². The normalized spacial score (nSPS) is 12.2. The third-order valence-electron chi connectivity index (χ3n) is 2.82. The largest absolute Gasteiger partial charge is 0.484 e. The lowest BCUT2D eigenvalue weighted by Crippen LogP contribution is -2.40. The number of carbonyl (C=O) groups is 1. The van der Waals surface area contributed by atoms with Crippen molar-refractivity contribution in [3.63, 3.8) is 0 Å². The Morgan fingerprint density at radius 3 is 2.72 bits per heavy atom. The van der Waals surface area contributed by atoms with Gasteiger partial charge in [-0.25, -0.2) is 0 Å². The molecule has 1 aromatic rings. The number of hydrogen-bond donors (Lipinski definition) is 2. The van der Waals surface area contributed by atoms with Crippen LogP contribution in [0, 0.1) is 5.92 Å². The Morgan fingerprint density at radius 2 is 2.17 bits per heavy atom. The van der Waals surface area contributed by atoms with E-state index in [1.807, 2.05) is 0 Å². The number of nitrogens with one attached hydrogen (secondary N) is 1. The molecule has 0 heterocycles. The van der Waals surface area contributed by atoms with Crippen LogP contribution in [0.2, 0.25) is 0 Å². The summed E-state index contributed by atoms with van der Waals surface area (Å²) in [6.07, 6.45) is 0.918. The summed E-state index contributed by atoms with van der Waals surface area (Å²) in [4.78, 5) is 11.7. The van der Waals surface area contributed by atoms with Crippen molar-refractivity contribution in [2.45, 2.75) is 33.2 Å². The van der Waals surface area contributed by atoms with Gasteiger partial charge in [0.15, 0.2) is 6.61 Å². The molecule has 0 aliphatic rings. The monoisotopic (exact) mass is 250 g/mol. The summed E-state index contributed by atoms with van der Waals surface area (Å²) >= 11 is 0. The maximum absolute atomic E-state index is 11.7. The number of rotatable bonds is 6. The Bertz CT molecular complexity index is 391. The van der Waals surface area contributed by atoms with Crippen LogP contribution in [0.4, 0.5) is 5.69 Å². The number of amides is 1. The predicted octanol–water partition coefficient (Wildman–Crippen LogP) is 2.20. The second kappa shape index (κ2) is 6.89. The maximum Gasteiger partial charge on any atom is 0.258 e. The van der Waals surface area contributed by atoms with Gasteiger partial charge in [-0.1, -0.05) is 26.8 Å². The van der Waals surface area contributed by atoms with E-state index in [0.717, 1.165) is 6.42 Å². The van der Waals surface area contributed by atoms with E-state index in [0.29, 0.717) is 17.4 Å². The van der Waals surface area contributed by atoms with Gasteiger partial charge in [-0.15, -0.1) is 0 Å². The second-order valence-electron chi connectivity index (χ2n) is 4.69. The number of anilines is 1. The molecule has 0 spiro atoms. The van der Waals surface area contributed by atoms with Crippen LogP contribution in [0.3, 0.4) is 0 Å². The molecule has 4 nitrogen and oxygen atoms in total. The van der Waals surface area contributed by atoms with E-state index in [-0.39, 0.29) is 18.6 Å². The summed E-state index contributed by atoms with van der Waals surface area (Å²) < 4.78 is 5.38. The van der Waals surface area contributed by atoms with Crippen molar-refractivity contribution in [3.8, 4) is 5.75 Å². The van der Waals surface area contributed by atoms with Crippen molar-refractivity contribution in [1.29, 1.82) is 0 Å². The molecule has 0 aliphatic heterocycles. The van der Waals surface area contributed by atoms with Gasteiger partial charge in [-0.2, -0.15) is 0 Å². The van der Waals surface area contributed by atoms with Crippen LogP contribution >= 0.6 is 0 Å². The summed E-state index contributed by atoms with van der Waals surface area (Å²) in [6.45, 7) is 6.26. The minimum atomic E-state index is -0.0991. The molecule has 100 valence electrons. The zero-order valence-electron chi connectivity index (χ0n) is 11.3.